The normalized spacial score (nSPS) is 22.2. The minimum Gasteiger partial charge on any atom is -0.356 e. The van der Waals surface area contributed by atoms with Gasteiger partial charge < -0.3 is 9.42 Å². The minimum absolute atomic E-state index is 0.0716. The Kier molecular flexibility index (Phi) is 4.12. The Morgan fingerprint density at radius 3 is 2.83 bits per heavy atom. The number of rotatable bonds is 3. The molecule has 2 aliphatic rings. The first-order valence-corrected chi connectivity index (χ1v) is 9.01. The monoisotopic (exact) mass is 328 g/mol. The van der Waals surface area contributed by atoms with Crippen LogP contribution in [0.4, 0.5) is 0 Å². The summed E-state index contributed by atoms with van der Waals surface area (Å²) in [6.07, 6.45) is 9.50. The van der Waals surface area contributed by atoms with E-state index in [-0.39, 0.29) is 12.0 Å². The zero-order valence-electron chi connectivity index (χ0n) is 14.1. The first kappa shape index (κ1) is 15.4. The molecule has 6 nitrogen and oxygen atoms in total. The molecule has 6 heteroatoms. The first-order valence-electron chi connectivity index (χ1n) is 9.01. The number of hydrogen-bond donors (Lipinski definition) is 1. The number of nitrogens with zero attached hydrogens (tertiary/aromatic N) is 3. The van der Waals surface area contributed by atoms with Crippen LogP contribution in [-0.2, 0) is 4.79 Å². The second-order valence-electron chi connectivity index (χ2n) is 7.05. The number of carbonyl (C=O) groups excluding carboxylic acids is 1. The van der Waals surface area contributed by atoms with Gasteiger partial charge >= 0.3 is 0 Å². The van der Waals surface area contributed by atoms with E-state index < -0.39 is 0 Å². The smallest absolute Gasteiger partial charge is 0.226 e. The van der Waals surface area contributed by atoms with Gasteiger partial charge in [-0.3, -0.25) is 9.89 Å². The molecular weight excluding hydrogens is 304 g/mol. The molecule has 0 radical (unpaired) electrons. The molecule has 24 heavy (non-hydrogen) atoms. The van der Waals surface area contributed by atoms with Crippen LogP contribution in [0.5, 0.6) is 0 Å². The topological polar surface area (TPSA) is 75.0 Å². The Balaban J connectivity index is 1.59. The Hall–Kier alpha value is -2.11. The van der Waals surface area contributed by atoms with Gasteiger partial charge in [0, 0.05) is 18.5 Å². The molecule has 1 saturated heterocycles. The Morgan fingerprint density at radius 1 is 1.25 bits per heavy atom. The highest BCUT2D eigenvalue weighted by atomic mass is 16.5. The molecule has 1 N–H and O–H groups in total. The first-order chi connectivity index (χ1) is 11.7. The van der Waals surface area contributed by atoms with E-state index in [1.807, 2.05) is 13.0 Å². The van der Waals surface area contributed by atoms with Gasteiger partial charge in [0.05, 0.1) is 29.2 Å². The maximum Gasteiger partial charge on any atom is 0.226 e. The lowest BCUT2D eigenvalue weighted by molar-refractivity contribution is -0.137. The number of amides is 1. The standard InChI is InChI=1S/C18H24N4O2/c1-12-10-16(24-21-12)14-11-19-20-17(14)15-8-5-9-22(15)18(23)13-6-3-2-4-7-13/h10-11,13,15H,2-9H2,1H3,(H,19,20)/t15-/m0/s1. The van der Waals surface area contributed by atoms with Gasteiger partial charge in [0.15, 0.2) is 5.76 Å². The maximum absolute atomic E-state index is 13.0. The predicted molar refractivity (Wildman–Crippen MR) is 89.1 cm³/mol. The summed E-state index contributed by atoms with van der Waals surface area (Å²) in [5.74, 6) is 1.25. The van der Waals surface area contributed by atoms with Crippen molar-refractivity contribution in [2.75, 3.05) is 6.54 Å². The fourth-order valence-electron chi connectivity index (χ4n) is 4.15. The van der Waals surface area contributed by atoms with Crippen LogP contribution >= 0.6 is 0 Å². The van der Waals surface area contributed by atoms with E-state index in [0.29, 0.717) is 11.7 Å². The summed E-state index contributed by atoms with van der Waals surface area (Å²) in [6, 6.07) is 1.98. The van der Waals surface area contributed by atoms with Gasteiger partial charge in [-0.05, 0) is 32.6 Å². The molecule has 2 aromatic rings. The number of aromatic amines is 1. The van der Waals surface area contributed by atoms with E-state index >= 15 is 0 Å². The summed E-state index contributed by atoms with van der Waals surface area (Å²) in [5, 5.41) is 11.3. The van der Waals surface area contributed by atoms with Crippen LogP contribution in [0.1, 0.15) is 62.4 Å². The third kappa shape index (κ3) is 2.74. The molecule has 1 amide bonds. The van der Waals surface area contributed by atoms with E-state index in [4.69, 9.17) is 4.52 Å². The SMILES string of the molecule is Cc1cc(-c2cn[nH]c2[C@@H]2CCCN2C(=O)C2CCCCC2)on1. The predicted octanol–water partition coefficient (Wildman–Crippen LogP) is 3.62. The molecule has 0 unspecified atom stereocenters. The van der Waals surface area contributed by atoms with E-state index in [0.717, 1.165) is 49.2 Å². The average Bonchev–Trinajstić information content (AvgIpc) is 3.34. The Morgan fingerprint density at radius 2 is 2.08 bits per heavy atom. The number of nitrogens with one attached hydrogen (secondary N) is 1. The molecule has 2 fully saturated rings. The summed E-state index contributed by atoms with van der Waals surface area (Å²) < 4.78 is 5.41. The Bertz CT molecular complexity index is 714. The van der Waals surface area contributed by atoms with Crippen molar-refractivity contribution in [3.63, 3.8) is 0 Å². The van der Waals surface area contributed by atoms with Crippen molar-refractivity contribution in [2.24, 2.45) is 5.92 Å². The largest absolute Gasteiger partial charge is 0.356 e. The third-order valence-electron chi connectivity index (χ3n) is 5.39. The maximum atomic E-state index is 13.0. The zero-order valence-corrected chi connectivity index (χ0v) is 14.1. The van der Waals surface area contributed by atoms with E-state index in [2.05, 4.69) is 20.3 Å². The molecule has 128 valence electrons. The summed E-state index contributed by atoms with van der Waals surface area (Å²) in [5.41, 5.74) is 2.75. The van der Waals surface area contributed by atoms with Crippen molar-refractivity contribution in [2.45, 2.75) is 57.9 Å². The molecule has 1 aliphatic heterocycles. The van der Waals surface area contributed by atoms with Gasteiger partial charge in [0.2, 0.25) is 5.91 Å². The molecule has 0 bridgehead atoms. The molecule has 1 aliphatic carbocycles. The van der Waals surface area contributed by atoms with Gasteiger partial charge in [-0.15, -0.1) is 0 Å². The number of aromatic nitrogens is 3. The van der Waals surface area contributed by atoms with E-state index in [1.54, 1.807) is 6.20 Å². The van der Waals surface area contributed by atoms with Gasteiger partial charge in [-0.2, -0.15) is 5.10 Å². The fraction of sp³-hybridized carbons (Fsp3) is 0.611. The summed E-state index contributed by atoms with van der Waals surface area (Å²) in [7, 11) is 0. The van der Waals surface area contributed by atoms with E-state index in [1.165, 1.54) is 19.3 Å². The van der Waals surface area contributed by atoms with Crippen LogP contribution in [0.15, 0.2) is 16.8 Å². The molecule has 0 aromatic carbocycles. The lowest BCUT2D eigenvalue weighted by Crippen LogP contribution is -2.36. The summed E-state index contributed by atoms with van der Waals surface area (Å²) in [6.45, 7) is 2.75. The van der Waals surface area contributed by atoms with Crippen molar-refractivity contribution in [1.29, 1.82) is 0 Å². The number of carbonyl (C=O) groups is 1. The van der Waals surface area contributed by atoms with Crippen molar-refractivity contribution in [3.05, 3.63) is 23.7 Å². The van der Waals surface area contributed by atoms with Crippen molar-refractivity contribution < 1.29 is 9.32 Å². The van der Waals surface area contributed by atoms with Crippen molar-refractivity contribution in [1.82, 2.24) is 20.3 Å². The van der Waals surface area contributed by atoms with Crippen molar-refractivity contribution >= 4 is 5.91 Å². The van der Waals surface area contributed by atoms with Gasteiger partial charge in [0.25, 0.3) is 0 Å². The zero-order chi connectivity index (χ0) is 16.5. The second-order valence-corrected chi connectivity index (χ2v) is 7.05. The molecule has 4 rings (SSSR count). The number of aryl methyl sites for hydroxylation is 1. The van der Waals surface area contributed by atoms with Crippen LogP contribution in [0.3, 0.4) is 0 Å². The third-order valence-corrected chi connectivity index (χ3v) is 5.39. The lowest BCUT2D eigenvalue weighted by atomic mass is 9.88. The van der Waals surface area contributed by atoms with Crippen LogP contribution in [0, 0.1) is 12.8 Å². The molecule has 1 atom stereocenters. The van der Waals surface area contributed by atoms with Crippen LogP contribution in [0.2, 0.25) is 0 Å². The Labute approximate surface area is 141 Å². The summed E-state index contributed by atoms with van der Waals surface area (Å²) >= 11 is 0. The fourth-order valence-corrected chi connectivity index (χ4v) is 4.15. The minimum atomic E-state index is 0.0716. The highest BCUT2D eigenvalue weighted by Crippen LogP contribution is 2.38. The molecule has 1 saturated carbocycles. The van der Waals surface area contributed by atoms with Crippen molar-refractivity contribution in [3.8, 4) is 11.3 Å². The van der Waals surface area contributed by atoms with E-state index in [9.17, 15) is 4.79 Å². The summed E-state index contributed by atoms with van der Waals surface area (Å²) in [4.78, 5) is 15.1. The van der Waals surface area contributed by atoms with Crippen LogP contribution in [-0.4, -0.2) is 32.7 Å². The highest BCUT2D eigenvalue weighted by Gasteiger charge is 2.36. The number of H-pyrrole nitrogens is 1. The van der Waals surface area contributed by atoms with Gasteiger partial charge in [-0.25, -0.2) is 0 Å². The highest BCUT2D eigenvalue weighted by molar-refractivity contribution is 5.80. The van der Waals surface area contributed by atoms with Gasteiger partial charge in [0.1, 0.15) is 0 Å². The molecular formula is C18H24N4O2. The second kappa shape index (κ2) is 6.42. The average molecular weight is 328 g/mol. The van der Waals surface area contributed by atoms with Crippen LogP contribution in [0.25, 0.3) is 11.3 Å². The number of likely N-dealkylation sites (tertiary alicyclic amines) is 1. The lowest BCUT2D eigenvalue weighted by Gasteiger charge is -2.30. The van der Waals surface area contributed by atoms with Gasteiger partial charge in [-0.1, -0.05) is 24.4 Å². The molecule has 0 spiro atoms. The van der Waals surface area contributed by atoms with Crippen LogP contribution < -0.4 is 0 Å². The molecule has 2 aromatic heterocycles. The number of hydrogen-bond acceptors (Lipinski definition) is 4. The quantitative estimate of drug-likeness (QED) is 0.934. The molecule has 3 heterocycles.